The third kappa shape index (κ3) is 3.40. The molecular weight excluding hydrogens is 278 g/mol. The van der Waals surface area contributed by atoms with E-state index in [1.165, 1.54) is 5.56 Å². The third-order valence-electron chi connectivity index (χ3n) is 4.40. The normalized spacial score (nSPS) is 16.6. The quantitative estimate of drug-likeness (QED) is 0.896. The van der Waals surface area contributed by atoms with E-state index in [-0.39, 0.29) is 11.8 Å². The first-order valence-corrected chi connectivity index (χ1v) is 7.91. The van der Waals surface area contributed by atoms with Gasteiger partial charge in [0.05, 0.1) is 0 Å². The molecule has 5 heteroatoms. The molecule has 0 bridgehead atoms. The Morgan fingerprint density at radius 2 is 2.14 bits per heavy atom. The van der Waals surface area contributed by atoms with Crippen LogP contribution < -0.4 is 16.0 Å². The fourth-order valence-corrected chi connectivity index (χ4v) is 2.92. The highest BCUT2D eigenvalue weighted by Crippen LogP contribution is 2.29. The first-order chi connectivity index (χ1) is 10.4. The maximum absolute atomic E-state index is 13.0. The zero-order valence-corrected chi connectivity index (χ0v) is 13.6. The number of fused-ring (bicyclic) bond motifs is 1. The second kappa shape index (κ2) is 6.81. The van der Waals surface area contributed by atoms with Crippen LogP contribution in [0.15, 0.2) is 18.2 Å². The number of rotatable bonds is 4. The summed E-state index contributed by atoms with van der Waals surface area (Å²) in [6.07, 6.45) is 2.72. The molecule has 0 aliphatic carbocycles. The van der Waals surface area contributed by atoms with Gasteiger partial charge in [-0.05, 0) is 42.9 Å². The van der Waals surface area contributed by atoms with Crippen molar-refractivity contribution in [1.82, 2.24) is 5.32 Å². The molecule has 0 fully saturated rings. The maximum atomic E-state index is 13.0. The zero-order chi connectivity index (χ0) is 16.3. The number of nitrogens with two attached hydrogens (primary N) is 1. The largest absolute Gasteiger partial charge is 0.352 e. The van der Waals surface area contributed by atoms with E-state index in [0.29, 0.717) is 6.54 Å². The summed E-state index contributed by atoms with van der Waals surface area (Å²) < 4.78 is 0. The Hall–Kier alpha value is -2.04. The first kappa shape index (κ1) is 16.3. The average molecular weight is 303 g/mol. The van der Waals surface area contributed by atoms with Gasteiger partial charge in [0.15, 0.2) is 0 Å². The first-order valence-electron chi connectivity index (χ1n) is 7.91. The molecule has 1 aromatic rings. The number of anilines is 1. The van der Waals surface area contributed by atoms with Crippen molar-refractivity contribution in [2.45, 2.75) is 46.1 Å². The third-order valence-corrected chi connectivity index (χ3v) is 4.40. The van der Waals surface area contributed by atoms with Crippen molar-refractivity contribution in [1.29, 1.82) is 0 Å². The zero-order valence-electron chi connectivity index (χ0n) is 13.6. The number of amides is 3. The summed E-state index contributed by atoms with van der Waals surface area (Å²) in [5, 5.41) is 2.62. The lowest BCUT2D eigenvalue weighted by molar-refractivity contribution is -0.121. The van der Waals surface area contributed by atoms with Gasteiger partial charge >= 0.3 is 6.03 Å². The van der Waals surface area contributed by atoms with Gasteiger partial charge in [0, 0.05) is 12.2 Å². The maximum Gasteiger partial charge on any atom is 0.312 e. The molecule has 3 N–H and O–H groups in total. The summed E-state index contributed by atoms with van der Waals surface area (Å²) in [6, 6.07) is 4.98. The number of hydrogen-bond acceptors (Lipinski definition) is 2. The molecule has 22 heavy (non-hydrogen) atoms. The van der Waals surface area contributed by atoms with E-state index in [1.54, 1.807) is 4.90 Å². The van der Waals surface area contributed by atoms with Crippen LogP contribution in [0.25, 0.3) is 0 Å². The van der Waals surface area contributed by atoms with Gasteiger partial charge in [-0.3, -0.25) is 4.79 Å². The number of nitrogens with zero attached hydrogens (tertiary/aromatic N) is 1. The van der Waals surface area contributed by atoms with Crippen molar-refractivity contribution in [3.8, 4) is 0 Å². The van der Waals surface area contributed by atoms with E-state index < -0.39 is 12.1 Å². The van der Waals surface area contributed by atoms with Crippen LogP contribution >= 0.6 is 0 Å². The SMILES string of the molecule is CC[C@H](C)[C@@H](NC(N)=O)C(=O)N1CCCc2ccc(C)cc21. The van der Waals surface area contributed by atoms with Gasteiger partial charge in [0.2, 0.25) is 5.91 Å². The summed E-state index contributed by atoms with van der Waals surface area (Å²) in [7, 11) is 0. The van der Waals surface area contributed by atoms with E-state index in [0.717, 1.165) is 30.5 Å². The number of nitrogens with one attached hydrogen (secondary N) is 1. The summed E-state index contributed by atoms with van der Waals surface area (Å²) >= 11 is 0. The van der Waals surface area contributed by atoms with Gasteiger partial charge in [0.25, 0.3) is 0 Å². The van der Waals surface area contributed by atoms with Crippen molar-refractivity contribution >= 4 is 17.6 Å². The van der Waals surface area contributed by atoms with Crippen LogP contribution in [0.3, 0.4) is 0 Å². The number of carbonyl (C=O) groups is 2. The Morgan fingerprint density at radius 3 is 2.77 bits per heavy atom. The Labute approximate surface area is 131 Å². The van der Waals surface area contributed by atoms with E-state index in [2.05, 4.69) is 17.4 Å². The predicted molar refractivity (Wildman–Crippen MR) is 87.8 cm³/mol. The van der Waals surface area contributed by atoms with Crippen LogP contribution in [-0.2, 0) is 11.2 Å². The van der Waals surface area contributed by atoms with Gasteiger partial charge in [-0.25, -0.2) is 4.79 Å². The summed E-state index contributed by atoms with van der Waals surface area (Å²) in [5.74, 6) is -0.0325. The minimum absolute atomic E-state index is 0.0372. The molecular formula is C17H25N3O2. The highest BCUT2D eigenvalue weighted by atomic mass is 16.2. The molecule has 120 valence electrons. The minimum Gasteiger partial charge on any atom is -0.352 e. The number of benzene rings is 1. The molecule has 0 aromatic heterocycles. The Balaban J connectivity index is 2.32. The number of primary amides is 1. The molecule has 3 amide bonds. The van der Waals surface area contributed by atoms with Crippen molar-refractivity contribution < 1.29 is 9.59 Å². The van der Waals surface area contributed by atoms with Gasteiger partial charge in [-0.1, -0.05) is 32.4 Å². The van der Waals surface area contributed by atoms with Crippen molar-refractivity contribution in [3.63, 3.8) is 0 Å². The number of carbonyl (C=O) groups excluding carboxylic acids is 2. The second-order valence-corrected chi connectivity index (χ2v) is 6.10. The van der Waals surface area contributed by atoms with E-state index in [4.69, 9.17) is 5.73 Å². The van der Waals surface area contributed by atoms with Gasteiger partial charge < -0.3 is 16.0 Å². The van der Waals surface area contributed by atoms with Gasteiger partial charge in [-0.2, -0.15) is 0 Å². The number of hydrogen-bond donors (Lipinski definition) is 2. The second-order valence-electron chi connectivity index (χ2n) is 6.10. The summed E-state index contributed by atoms with van der Waals surface area (Å²) in [6.45, 7) is 6.66. The molecule has 1 aliphatic rings. The predicted octanol–water partition coefficient (Wildman–Crippen LogP) is 2.36. The monoisotopic (exact) mass is 303 g/mol. The number of aryl methyl sites for hydroxylation is 2. The molecule has 0 unspecified atom stereocenters. The van der Waals surface area contributed by atoms with Gasteiger partial charge in [-0.15, -0.1) is 0 Å². The molecule has 0 radical (unpaired) electrons. The van der Waals surface area contributed by atoms with Crippen LogP contribution in [-0.4, -0.2) is 24.5 Å². The molecule has 0 saturated carbocycles. The lowest BCUT2D eigenvalue weighted by Crippen LogP contribution is -2.54. The molecule has 1 heterocycles. The topological polar surface area (TPSA) is 75.4 Å². The Bertz CT molecular complexity index is 571. The van der Waals surface area contributed by atoms with Crippen LogP contribution in [0.2, 0.25) is 0 Å². The minimum atomic E-state index is -0.653. The van der Waals surface area contributed by atoms with E-state index in [9.17, 15) is 9.59 Å². The Morgan fingerprint density at radius 1 is 1.41 bits per heavy atom. The average Bonchev–Trinajstić information content (AvgIpc) is 2.50. The smallest absolute Gasteiger partial charge is 0.312 e. The van der Waals surface area contributed by atoms with Crippen LogP contribution in [0, 0.1) is 12.8 Å². The van der Waals surface area contributed by atoms with Crippen LogP contribution in [0.1, 0.15) is 37.8 Å². The number of urea groups is 1. The fraction of sp³-hybridized carbons (Fsp3) is 0.529. The fourth-order valence-electron chi connectivity index (χ4n) is 2.92. The molecule has 2 atom stereocenters. The van der Waals surface area contributed by atoms with E-state index >= 15 is 0 Å². The van der Waals surface area contributed by atoms with Crippen LogP contribution in [0.4, 0.5) is 10.5 Å². The molecule has 1 aromatic carbocycles. The highest BCUT2D eigenvalue weighted by molar-refractivity contribution is 6.00. The molecule has 5 nitrogen and oxygen atoms in total. The van der Waals surface area contributed by atoms with E-state index in [1.807, 2.05) is 26.8 Å². The summed E-state index contributed by atoms with van der Waals surface area (Å²) in [4.78, 5) is 26.0. The molecule has 0 spiro atoms. The van der Waals surface area contributed by atoms with Gasteiger partial charge in [0.1, 0.15) is 6.04 Å². The lowest BCUT2D eigenvalue weighted by atomic mass is 9.94. The lowest BCUT2D eigenvalue weighted by Gasteiger charge is -2.34. The summed E-state index contributed by atoms with van der Waals surface area (Å²) in [5.41, 5.74) is 8.53. The molecule has 0 saturated heterocycles. The molecule has 2 rings (SSSR count). The van der Waals surface area contributed by atoms with Crippen molar-refractivity contribution in [2.75, 3.05) is 11.4 Å². The Kier molecular flexibility index (Phi) is 5.06. The standard InChI is InChI=1S/C17H25N3O2/c1-4-12(3)15(19-17(18)22)16(21)20-9-5-6-13-8-7-11(2)10-14(13)20/h7-8,10,12,15H,4-6,9H2,1-3H3,(H3,18,19,22)/t12-,15+/m0/s1. The van der Waals surface area contributed by atoms with Crippen molar-refractivity contribution in [3.05, 3.63) is 29.3 Å². The van der Waals surface area contributed by atoms with Crippen LogP contribution in [0.5, 0.6) is 0 Å². The van der Waals surface area contributed by atoms with Crippen molar-refractivity contribution in [2.24, 2.45) is 11.7 Å². The highest BCUT2D eigenvalue weighted by Gasteiger charge is 2.32. The molecule has 1 aliphatic heterocycles.